The number of rotatable bonds is 2. The topological polar surface area (TPSA) is 45.8 Å². The second kappa shape index (κ2) is 5.61. The third kappa shape index (κ3) is 3.63. The van der Waals surface area contributed by atoms with Crippen LogP contribution in [0.25, 0.3) is 11.4 Å². The van der Waals surface area contributed by atoms with Gasteiger partial charge in [-0.2, -0.15) is 13.2 Å². The van der Waals surface area contributed by atoms with Crippen LogP contribution < -0.4 is 5.56 Å². The number of hydrogen-bond acceptors (Lipinski definition) is 3. The van der Waals surface area contributed by atoms with E-state index in [9.17, 15) is 18.0 Å². The molecule has 0 bridgehead atoms. The Morgan fingerprint density at radius 2 is 1.85 bits per heavy atom. The van der Waals surface area contributed by atoms with Crippen molar-refractivity contribution in [3.8, 4) is 11.4 Å². The molecule has 3 nitrogen and oxygen atoms in total. The van der Waals surface area contributed by atoms with Gasteiger partial charge in [-0.3, -0.25) is 4.79 Å². The zero-order valence-electron chi connectivity index (χ0n) is 10.1. The minimum absolute atomic E-state index is 0.0810. The van der Waals surface area contributed by atoms with E-state index in [2.05, 4.69) is 25.9 Å². The van der Waals surface area contributed by atoms with Gasteiger partial charge in [0.2, 0.25) is 0 Å². The van der Waals surface area contributed by atoms with Crippen molar-refractivity contribution in [1.82, 2.24) is 9.97 Å². The summed E-state index contributed by atoms with van der Waals surface area (Å²) in [5, 5.41) is 0. The summed E-state index contributed by atoms with van der Waals surface area (Å²) < 4.78 is 37.0. The molecular weight excluding hydrogens is 357 g/mol. The summed E-state index contributed by atoms with van der Waals surface area (Å²) in [6, 6.07) is 5.65. The first-order chi connectivity index (χ1) is 9.26. The number of alkyl halides is 3. The van der Waals surface area contributed by atoms with Gasteiger partial charge < -0.3 is 4.98 Å². The number of nitrogens with zero attached hydrogens (tertiary/aromatic N) is 1. The number of thioether (sulfide) groups is 1. The maximum atomic E-state index is 12.2. The summed E-state index contributed by atoms with van der Waals surface area (Å²) >= 11 is 2.91. The Morgan fingerprint density at radius 1 is 1.25 bits per heavy atom. The fourth-order valence-electron chi connectivity index (χ4n) is 1.52. The summed E-state index contributed by atoms with van der Waals surface area (Å²) in [6.07, 6.45) is 0. The number of hydrogen-bond donors (Lipinski definition) is 1. The second-order valence-corrected chi connectivity index (χ2v) is 5.82. The molecule has 0 fully saturated rings. The molecule has 106 valence electrons. The van der Waals surface area contributed by atoms with E-state index >= 15 is 0 Å². The van der Waals surface area contributed by atoms with Crippen LogP contribution in [0.3, 0.4) is 0 Å². The maximum absolute atomic E-state index is 12.2. The molecule has 0 unspecified atom stereocenters. The lowest BCUT2D eigenvalue weighted by molar-refractivity contribution is -0.0328. The molecule has 20 heavy (non-hydrogen) atoms. The van der Waals surface area contributed by atoms with Crippen molar-refractivity contribution in [2.45, 2.75) is 17.3 Å². The van der Waals surface area contributed by atoms with E-state index in [4.69, 9.17) is 0 Å². The van der Waals surface area contributed by atoms with E-state index in [0.717, 1.165) is 0 Å². The number of aryl methyl sites for hydroxylation is 1. The zero-order chi connectivity index (χ0) is 14.9. The lowest BCUT2D eigenvalue weighted by Gasteiger charge is -2.07. The van der Waals surface area contributed by atoms with Gasteiger partial charge in [-0.05, 0) is 46.7 Å². The van der Waals surface area contributed by atoms with Crippen molar-refractivity contribution in [3.63, 3.8) is 0 Å². The highest BCUT2D eigenvalue weighted by Gasteiger charge is 2.29. The number of aromatic nitrogens is 2. The largest absolute Gasteiger partial charge is 0.446 e. The Balaban J connectivity index is 2.33. The predicted octanol–water partition coefficient (Wildman–Crippen LogP) is 4.12. The van der Waals surface area contributed by atoms with Crippen LogP contribution in [0, 0.1) is 6.92 Å². The van der Waals surface area contributed by atoms with Gasteiger partial charge in [-0.1, -0.05) is 12.1 Å². The predicted molar refractivity (Wildman–Crippen MR) is 74.6 cm³/mol. The molecule has 1 aromatic heterocycles. The quantitative estimate of drug-likeness (QED) is 0.815. The van der Waals surface area contributed by atoms with Crippen molar-refractivity contribution in [3.05, 3.63) is 44.8 Å². The Hall–Kier alpha value is -1.28. The molecule has 0 radical (unpaired) electrons. The first-order valence-electron chi connectivity index (χ1n) is 5.39. The Labute approximate surface area is 124 Å². The molecule has 1 N–H and O–H groups in total. The molecule has 8 heteroatoms. The first-order valence-corrected chi connectivity index (χ1v) is 7.00. The van der Waals surface area contributed by atoms with Crippen LogP contribution >= 0.6 is 27.7 Å². The van der Waals surface area contributed by atoms with E-state index in [1.54, 1.807) is 6.92 Å². The van der Waals surface area contributed by atoms with Crippen LogP contribution in [0.15, 0.2) is 38.4 Å². The molecule has 1 aromatic carbocycles. The average Bonchev–Trinajstić information content (AvgIpc) is 2.34. The molecule has 0 saturated carbocycles. The van der Waals surface area contributed by atoms with E-state index in [0.29, 0.717) is 21.6 Å². The van der Waals surface area contributed by atoms with Crippen molar-refractivity contribution in [1.29, 1.82) is 0 Å². The Bertz CT molecular complexity index is 683. The molecule has 0 aliphatic heterocycles. The Kier molecular flexibility index (Phi) is 4.24. The summed E-state index contributed by atoms with van der Waals surface area (Å²) in [7, 11) is 0. The number of benzene rings is 1. The minimum Gasteiger partial charge on any atom is -0.306 e. The highest BCUT2D eigenvalue weighted by molar-refractivity contribution is 9.10. The molecule has 0 amide bonds. The third-order valence-electron chi connectivity index (χ3n) is 2.39. The smallest absolute Gasteiger partial charge is 0.306 e. The van der Waals surface area contributed by atoms with E-state index in [1.165, 1.54) is 24.3 Å². The third-order valence-corrected chi connectivity index (χ3v) is 4.06. The maximum Gasteiger partial charge on any atom is 0.446 e. The van der Waals surface area contributed by atoms with Crippen molar-refractivity contribution in [2.75, 3.05) is 0 Å². The van der Waals surface area contributed by atoms with Gasteiger partial charge in [0.15, 0.2) is 0 Å². The Morgan fingerprint density at radius 3 is 2.35 bits per heavy atom. The number of nitrogens with one attached hydrogen (secondary N) is 1. The van der Waals surface area contributed by atoms with Crippen molar-refractivity contribution >= 4 is 27.7 Å². The van der Waals surface area contributed by atoms with Crippen LogP contribution in [0.5, 0.6) is 0 Å². The highest BCUT2D eigenvalue weighted by atomic mass is 79.9. The van der Waals surface area contributed by atoms with Gasteiger partial charge >= 0.3 is 5.51 Å². The van der Waals surface area contributed by atoms with Gasteiger partial charge in [0.05, 0.1) is 5.69 Å². The molecule has 2 aromatic rings. The molecule has 0 aliphatic rings. The fourth-order valence-corrected chi connectivity index (χ4v) is 2.25. The molecule has 2 rings (SSSR count). The summed E-state index contributed by atoms with van der Waals surface area (Å²) in [4.78, 5) is 18.4. The number of aromatic amines is 1. The summed E-state index contributed by atoms with van der Waals surface area (Å²) in [5.41, 5.74) is -3.59. The summed E-state index contributed by atoms with van der Waals surface area (Å²) in [5.74, 6) is 0.319. The van der Waals surface area contributed by atoms with E-state index in [1.807, 2.05) is 0 Å². The average molecular weight is 365 g/mol. The zero-order valence-corrected chi connectivity index (χ0v) is 12.5. The van der Waals surface area contributed by atoms with Gasteiger partial charge in [0.1, 0.15) is 10.3 Å². The van der Waals surface area contributed by atoms with Crippen molar-refractivity contribution < 1.29 is 13.2 Å². The molecule has 0 atom stereocenters. The van der Waals surface area contributed by atoms with Gasteiger partial charge in [-0.25, -0.2) is 4.98 Å². The van der Waals surface area contributed by atoms with E-state index in [-0.39, 0.29) is 22.2 Å². The minimum atomic E-state index is -4.32. The SMILES string of the molecule is Cc1nc(-c2ccc(SC(F)(F)F)cc2)[nH]c(=O)c1Br. The van der Waals surface area contributed by atoms with Crippen LogP contribution in [-0.2, 0) is 0 Å². The molecule has 0 saturated heterocycles. The van der Waals surface area contributed by atoms with Crippen LogP contribution in [0.2, 0.25) is 0 Å². The van der Waals surface area contributed by atoms with E-state index < -0.39 is 5.51 Å². The fraction of sp³-hybridized carbons (Fsp3) is 0.167. The highest BCUT2D eigenvalue weighted by Crippen LogP contribution is 2.37. The van der Waals surface area contributed by atoms with Gasteiger partial charge in [-0.15, -0.1) is 0 Å². The summed E-state index contributed by atoms with van der Waals surface area (Å²) in [6.45, 7) is 1.66. The van der Waals surface area contributed by atoms with Crippen LogP contribution in [-0.4, -0.2) is 15.5 Å². The monoisotopic (exact) mass is 364 g/mol. The second-order valence-electron chi connectivity index (χ2n) is 3.89. The van der Waals surface area contributed by atoms with Gasteiger partial charge in [0, 0.05) is 10.5 Å². The lowest BCUT2D eigenvalue weighted by Crippen LogP contribution is -2.11. The molecular formula is C12H8BrF3N2OS. The molecule has 0 aliphatic carbocycles. The molecule has 1 heterocycles. The number of halogens is 4. The molecule has 0 spiro atoms. The van der Waals surface area contributed by atoms with Gasteiger partial charge in [0.25, 0.3) is 5.56 Å². The standard InChI is InChI=1S/C12H8BrF3N2OS/c1-6-9(13)11(19)18-10(17-6)7-2-4-8(5-3-7)20-12(14,15)16/h2-5H,1H3,(H,17,18,19). The normalized spacial score (nSPS) is 11.7. The first kappa shape index (κ1) is 15.1. The lowest BCUT2D eigenvalue weighted by atomic mass is 10.2. The van der Waals surface area contributed by atoms with Crippen molar-refractivity contribution in [2.24, 2.45) is 0 Å². The van der Waals surface area contributed by atoms with Crippen LogP contribution in [0.4, 0.5) is 13.2 Å². The number of H-pyrrole nitrogens is 1. The van der Waals surface area contributed by atoms with Crippen LogP contribution in [0.1, 0.15) is 5.69 Å².